The normalized spacial score (nSPS) is 11.5. The van der Waals surface area contributed by atoms with E-state index in [0.29, 0.717) is 17.5 Å². The van der Waals surface area contributed by atoms with E-state index in [1.807, 2.05) is 0 Å². The van der Waals surface area contributed by atoms with Crippen molar-refractivity contribution in [2.45, 2.75) is 4.90 Å². The Kier molecular flexibility index (Phi) is 6.45. The third-order valence-corrected chi connectivity index (χ3v) is 4.60. The number of benzene rings is 3. The van der Waals surface area contributed by atoms with Gasteiger partial charge in [-0.05, 0) is 24.3 Å². The maximum Gasteiger partial charge on any atom is 1.00 e. The average molecular weight is 427 g/mol. The van der Waals surface area contributed by atoms with Crippen molar-refractivity contribution >= 4 is 38.0 Å². The maximum atomic E-state index is 11.2. The molecule has 0 spiro atoms. The Morgan fingerprint density at radius 3 is 2.17 bits per heavy atom. The predicted octanol–water partition coefficient (Wildman–Crippen LogP) is 0.188. The van der Waals surface area contributed by atoms with Gasteiger partial charge in [0.1, 0.15) is 27.2 Å². The minimum atomic E-state index is -5.07. The van der Waals surface area contributed by atoms with Gasteiger partial charge in [-0.15, -0.1) is 10.2 Å². The standard InChI is InChI=1S/C16H11N3O8S.Na/c20-14-3-1-2-10-9(14)4-5-11(15(10)21)17-18-12-6-8(28(25,26)27)7-13(16(12)22)19(23)24;/h1-7,20-22H,(H,25,26,27);/q;+1/p-1. The molecule has 3 aromatic rings. The van der Waals surface area contributed by atoms with E-state index in [0.717, 1.165) is 0 Å². The van der Waals surface area contributed by atoms with Crippen LogP contribution in [0.2, 0.25) is 0 Å². The summed E-state index contributed by atoms with van der Waals surface area (Å²) >= 11 is 0. The monoisotopic (exact) mass is 427 g/mol. The number of hydrogen-bond acceptors (Lipinski definition) is 10. The van der Waals surface area contributed by atoms with E-state index in [1.165, 1.54) is 30.3 Å². The van der Waals surface area contributed by atoms with Gasteiger partial charge in [0.15, 0.2) is 5.75 Å². The largest absolute Gasteiger partial charge is 1.00 e. The molecule has 0 bridgehead atoms. The van der Waals surface area contributed by atoms with Crippen LogP contribution in [-0.4, -0.2) is 33.2 Å². The molecule has 0 heterocycles. The Morgan fingerprint density at radius 1 is 0.897 bits per heavy atom. The number of nitro benzene ring substituents is 1. The molecule has 0 amide bonds. The number of nitro groups is 1. The molecule has 0 atom stereocenters. The second-order valence-electron chi connectivity index (χ2n) is 5.53. The minimum Gasteiger partial charge on any atom is -0.744 e. The van der Waals surface area contributed by atoms with Crippen molar-refractivity contribution in [3.05, 3.63) is 52.6 Å². The molecule has 0 saturated carbocycles. The number of azo groups is 1. The summed E-state index contributed by atoms with van der Waals surface area (Å²) in [4.78, 5) is 8.92. The molecule has 13 heteroatoms. The molecule has 0 unspecified atom stereocenters. The smallest absolute Gasteiger partial charge is 0.744 e. The zero-order valence-electron chi connectivity index (χ0n) is 14.7. The second-order valence-corrected chi connectivity index (χ2v) is 6.91. The van der Waals surface area contributed by atoms with Gasteiger partial charge in [0.05, 0.1) is 9.82 Å². The molecular weight excluding hydrogens is 417 g/mol. The van der Waals surface area contributed by atoms with E-state index in [2.05, 4.69) is 10.2 Å². The van der Waals surface area contributed by atoms with Crippen molar-refractivity contribution in [2.75, 3.05) is 0 Å². The topological polar surface area (TPSA) is 186 Å². The third-order valence-electron chi connectivity index (χ3n) is 3.78. The summed E-state index contributed by atoms with van der Waals surface area (Å²) in [6, 6.07) is 8.13. The predicted molar refractivity (Wildman–Crippen MR) is 94.2 cm³/mol. The van der Waals surface area contributed by atoms with Gasteiger partial charge in [0.2, 0.25) is 5.75 Å². The van der Waals surface area contributed by atoms with Crippen molar-refractivity contribution in [1.82, 2.24) is 0 Å². The molecule has 0 aliphatic rings. The van der Waals surface area contributed by atoms with Gasteiger partial charge in [-0.1, -0.05) is 12.1 Å². The molecule has 0 aromatic heterocycles. The van der Waals surface area contributed by atoms with Crippen LogP contribution in [0.3, 0.4) is 0 Å². The Bertz CT molecular complexity index is 1260. The second kappa shape index (κ2) is 8.31. The average Bonchev–Trinajstić information content (AvgIpc) is 2.61. The van der Waals surface area contributed by atoms with E-state index in [4.69, 9.17) is 0 Å². The zero-order chi connectivity index (χ0) is 20.6. The first-order valence-corrected chi connectivity index (χ1v) is 8.83. The number of nitrogens with zero attached hydrogens (tertiary/aromatic N) is 3. The van der Waals surface area contributed by atoms with E-state index in [9.17, 15) is 38.4 Å². The van der Waals surface area contributed by atoms with Crippen LogP contribution in [0.5, 0.6) is 17.2 Å². The number of aromatic hydroxyl groups is 3. The van der Waals surface area contributed by atoms with Gasteiger partial charge in [0, 0.05) is 16.8 Å². The Morgan fingerprint density at radius 2 is 1.55 bits per heavy atom. The number of phenolic OH excluding ortho intramolecular Hbond substituents is 3. The number of fused-ring (bicyclic) bond motifs is 1. The van der Waals surface area contributed by atoms with Gasteiger partial charge in [-0.3, -0.25) is 10.1 Å². The summed E-state index contributed by atoms with van der Waals surface area (Å²) < 4.78 is 33.5. The fourth-order valence-corrected chi connectivity index (χ4v) is 2.95. The summed E-state index contributed by atoms with van der Waals surface area (Å²) in [5, 5.41) is 48.7. The molecule has 0 aliphatic heterocycles. The molecule has 3 rings (SSSR count). The summed E-state index contributed by atoms with van der Waals surface area (Å²) in [5.74, 6) is -1.46. The molecule has 0 aliphatic carbocycles. The van der Waals surface area contributed by atoms with Crippen LogP contribution < -0.4 is 29.6 Å². The molecule has 29 heavy (non-hydrogen) atoms. The number of rotatable bonds is 4. The quantitative estimate of drug-likeness (QED) is 0.173. The number of hydrogen-bond donors (Lipinski definition) is 3. The van der Waals surface area contributed by atoms with E-state index >= 15 is 0 Å². The van der Waals surface area contributed by atoms with Gasteiger partial charge < -0.3 is 19.9 Å². The molecule has 0 saturated heterocycles. The first-order valence-electron chi connectivity index (χ1n) is 7.42. The van der Waals surface area contributed by atoms with Crippen molar-refractivity contribution in [3.63, 3.8) is 0 Å². The van der Waals surface area contributed by atoms with Crippen LogP contribution >= 0.6 is 0 Å². The van der Waals surface area contributed by atoms with Crippen molar-refractivity contribution < 1.29 is 62.8 Å². The Labute approximate surface area is 185 Å². The van der Waals surface area contributed by atoms with E-state index in [-0.39, 0.29) is 52.1 Å². The third kappa shape index (κ3) is 4.46. The van der Waals surface area contributed by atoms with Crippen molar-refractivity contribution in [3.8, 4) is 17.2 Å². The molecule has 0 radical (unpaired) electrons. The molecule has 0 fully saturated rings. The van der Waals surface area contributed by atoms with Gasteiger partial charge in [-0.2, -0.15) is 0 Å². The van der Waals surface area contributed by atoms with Crippen LogP contribution in [0.4, 0.5) is 17.1 Å². The van der Waals surface area contributed by atoms with Crippen LogP contribution in [-0.2, 0) is 10.1 Å². The summed E-state index contributed by atoms with van der Waals surface area (Å²) in [7, 11) is -5.07. The van der Waals surface area contributed by atoms with Gasteiger partial charge >= 0.3 is 35.2 Å². The van der Waals surface area contributed by atoms with Crippen LogP contribution in [0.15, 0.2) is 57.6 Å². The first-order chi connectivity index (χ1) is 13.1. The molecule has 3 aromatic carbocycles. The van der Waals surface area contributed by atoms with Gasteiger partial charge in [0.25, 0.3) is 0 Å². The molecule has 144 valence electrons. The fourth-order valence-electron chi connectivity index (χ4n) is 2.44. The summed E-state index contributed by atoms with van der Waals surface area (Å²) in [5.41, 5.74) is -1.83. The SMILES string of the molecule is O=[N+]([O-])c1cc(S(=O)(=O)[O-])cc(N=Nc2ccc3c(O)cccc3c2O)c1O.[Na+]. The Balaban J connectivity index is 0.00000300. The fraction of sp³-hybridized carbons (Fsp3) is 0. The maximum absolute atomic E-state index is 11.2. The number of phenols is 3. The van der Waals surface area contributed by atoms with Gasteiger partial charge in [-0.25, -0.2) is 8.42 Å². The Hall–Kier alpha value is -2.77. The summed E-state index contributed by atoms with van der Waals surface area (Å²) in [6.07, 6.45) is 0. The van der Waals surface area contributed by atoms with Crippen LogP contribution in [0, 0.1) is 10.1 Å². The van der Waals surface area contributed by atoms with E-state index < -0.39 is 37.1 Å². The van der Waals surface area contributed by atoms with Crippen molar-refractivity contribution in [2.24, 2.45) is 10.2 Å². The first kappa shape index (κ1) is 22.5. The van der Waals surface area contributed by atoms with Crippen molar-refractivity contribution in [1.29, 1.82) is 0 Å². The molecular formula is C16H10N3NaO8S. The molecule has 11 nitrogen and oxygen atoms in total. The minimum absolute atomic E-state index is 0. The zero-order valence-corrected chi connectivity index (χ0v) is 17.5. The summed E-state index contributed by atoms with van der Waals surface area (Å²) in [6.45, 7) is 0. The van der Waals surface area contributed by atoms with E-state index in [1.54, 1.807) is 0 Å². The molecule has 3 N–H and O–H groups in total. The van der Waals surface area contributed by atoms with Crippen LogP contribution in [0.25, 0.3) is 10.8 Å². The van der Waals surface area contributed by atoms with Crippen LogP contribution in [0.1, 0.15) is 0 Å².